The van der Waals surface area contributed by atoms with Crippen molar-refractivity contribution in [2.75, 3.05) is 0 Å². The third-order valence-electron chi connectivity index (χ3n) is 3.95. The van der Waals surface area contributed by atoms with Gasteiger partial charge >= 0.3 is 5.97 Å². The summed E-state index contributed by atoms with van der Waals surface area (Å²) in [6, 6.07) is 3.47. The lowest BCUT2D eigenvalue weighted by atomic mass is 10.1. The van der Waals surface area contributed by atoms with Gasteiger partial charge in [-0.15, -0.1) is 0 Å². The normalized spacial score (nSPS) is 21.8. The molecule has 2 rings (SSSR count). The fourth-order valence-electron chi connectivity index (χ4n) is 2.56. The highest BCUT2D eigenvalue weighted by molar-refractivity contribution is 6.34. The lowest BCUT2D eigenvalue weighted by Gasteiger charge is -2.14. The zero-order chi connectivity index (χ0) is 14.9. The number of carboxylic acids is 1. The van der Waals surface area contributed by atoms with Gasteiger partial charge in [-0.05, 0) is 56.4 Å². The van der Waals surface area contributed by atoms with Gasteiger partial charge in [0, 0.05) is 6.04 Å². The number of benzene rings is 1. The van der Waals surface area contributed by atoms with E-state index in [1.165, 1.54) is 0 Å². The van der Waals surface area contributed by atoms with Gasteiger partial charge in [0.05, 0.1) is 16.5 Å². The molecule has 0 aliphatic heterocycles. The second kappa shape index (κ2) is 5.83. The van der Waals surface area contributed by atoms with Crippen LogP contribution in [0.25, 0.3) is 0 Å². The molecule has 0 heterocycles. The van der Waals surface area contributed by atoms with Gasteiger partial charge in [-0.3, -0.25) is 9.59 Å². The molecule has 1 amide bonds. The van der Waals surface area contributed by atoms with Crippen LogP contribution in [0.3, 0.4) is 0 Å². The van der Waals surface area contributed by atoms with Crippen molar-refractivity contribution < 1.29 is 14.7 Å². The molecule has 20 heavy (non-hydrogen) atoms. The Morgan fingerprint density at radius 3 is 2.50 bits per heavy atom. The molecular formula is C15H18ClNO3. The smallest absolute Gasteiger partial charge is 0.306 e. The second-order valence-corrected chi connectivity index (χ2v) is 5.84. The summed E-state index contributed by atoms with van der Waals surface area (Å²) in [6.45, 7) is 3.87. The molecule has 1 fully saturated rings. The Labute approximate surface area is 123 Å². The van der Waals surface area contributed by atoms with Crippen molar-refractivity contribution in [3.8, 4) is 0 Å². The summed E-state index contributed by atoms with van der Waals surface area (Å²) in [5, 5.41) is 12.3. The zero-order valence-electron chi connectivity index (χ0n) is 11.6. The third kappa shape index (κ3) is 3.12. The number of halogens is 1. The van der Waals surface area contributed by atoms with Gasteiger partial charge in [0.15, 0.2) is 0 Å². The number of carbonyl (C=O) groups is 2. The zero-order valence-corrected chi connectivity index (χ0v) is 12.3. The summed E-state index contributed by atoms with van der Waals surface area (Å²) in [5.41, 5.74) is 2.50. The van der Waals surface area contributed by atoms with Crippen LogP contribution in [0.1, 0.15) is 40.7 Å². The van der Waals surface area contributed by atoms with Crippen molar-refractivity contribution in [1.29, 1.82) is 0 Å². The molecule has 2 N–H and O–H groups in total. The molecule has 1 aromatic rings. The van der Waals surface area contributed by atoms with E-state index in [1.54, 1.807) is 12.1 Å². The molecule has 2 atom stereocenters. The lowest BCUT2D eigenvalue weighted by Crippen LogP contribution is -2.33. The van der Waals surface area contributed by atoms with Crippen LogP contribution in [0.4, 0.5) is 0 Å². The van der Waals surface area contributed by atoms with Crippen LogP contribution >= 0.6 is 11.6 Å². The summed E-state index contributed by atoms with van der Waals surface area (Å²) < 4.78 is 0. The standard InChI is InChI=1S/C15H18ClNO3/c1-8-5-12(13(16)6-9(8)2)14(18)17-11-4-3-10(7-11)15(19)20/h5-6,10-11H,3-4,7H2,1-2H3,(H,17,18)(H,19,20)/t10-,11+/m1/s1. The fourth-order valence-corrected chi connectivity index (χ4v) is 2.86. The van der Waals surface area contributed by atoms with E-state index >= 15 is 0 Å². The summed E-state index contributed by atoms with van der Waals surface area (Å²) in [4.78, 5) is 23.1. The topological polar surface area (TPSA) is 66.4 Å². The minimum Gasteiger partial charge on any atom is -0.481 e. The average Bonchev–Trinajstić information content (AvgIpc) is 2.82. The van der Waals surface area contributed by atoms with E-state index in [-0.39, 0.29) is 17.9 Å². The Balaban J connectivity index is 2.06. The van der Waals surface area contributed by atoms with Gasteiger partial charge in [-0.25, -0.2) is 0 Å². The Hall–Kier alpha value is -1.55. The maximum Gasteiger partial charge on any atom is 0.306 e. The third-order valence-corrected chi connectivity index (χ3v) is 4.26. The monoisotopic (exact) mass is 295 g/mol. The summed E-state index contributed by atoms with van der Waals surface area (Å²) in [7, 11) is 0. The molecule has 1 saturated carbocycles. The van der Waals surface area contributed by atoms with E-state index < -0.39 is 5.97 Å². The van der Waals surface area contributed by atoms with Crippen LogP contribution < -0.4 is 5.32 Å². The van der Waals surface area contributed by atoms with Crippen molar-refractivity contribution >= 4 is 23.5 Å². The van der Waals surface area contributed by atoms with E-state index in [4.69, 9.17) is 16.7 Å². The highest BCUT2D eigenvalue weighted by Crippen LogP contribution is 2.27. The number of carbonyl (C=O) groups excluding carboxylic acids is 1. The Morgan fingerprint density at radius 2 is 1.90 bits per heavy atom. The molecular weight excluding hydrogens is 278 g/mol. The van der Waals surface area contributed by atoms with E-state index in [0.717, 1.165) is 11.1 Å². The Kier molecular flexibility index (Phi) is 4.33. The molecule has 1 aliphatic carbocycles. The molecule has 5 heteroatoms. The Bertz CT molecular complexity index is 556. The predicted molar refractivity (Wildman–Crippen MR) is 77.2 cm³/mol. The summed E-state index contributed by atoms with van der Waals surface area (Å²) in [6.07, 6.45) is 1.80. The first-order valence-electron chi connectivity index (χ1n) is 6.69. The second-order valence-electron chi connectivity index (χ2n) is 5.43. The SMILES string of the molecule is Cc1cc(Cl)c(C(=O)N[C@H]2CC[C@@H](C(=O)O)C2)cc1C. The number of rotatable bonds is 3. The maximum absolute atomic E-state index is 12.2. The number of amides is 1. The van der Waals surface area contributed by atoms with Gasteiger partial charge in [0.1, 0.15) is 0 Å². The first kappa shape index (κ1) is 14.9. The van der Waals surface area contributed by atoms with E-state index in [1.807, 2.05) is 13.8 Å². The molecule has 0 unspecified atom stereocenters. The molecule has 1 aliphatic rings. The number of hydrogen-bond donors (Lipinski definition) is 2. The Morgan fingerprint density at radius 1 is 1.25 bits per heavy atom. The van der Waals surface area contributed by atoms with Gasteiger partial charge < -0.3 is 10.4 Å². The predicted octanol–water partition coefficient (Wildman–Crippen LogP) is 2.94. The number of aryl methyl sites for hydroxylation is 2. The average molecular weight is 296 g/mol. The van der Waals surface area contributed by atoms with Gasteiger partial charge in [0.25, 0.3) is 5.91 Å². The van der Waals surface area contributed by atoms with Gasteiger partial charge in [0.2, 0.25) is 0 Å². The largest absolute Gasteiger partial charge is 0.481 e. The van der Waals surface area contributed by atoms with Crippen molar-refractivity contribution in [2.24, 2.45) is 5.92 Å². The minimum atomic E-state index is -0.786. The number of carboxylic acid groups (broad SMARTS) is 1. The first-order valence-corrected chi connectivity index (χ1v) is 7.06. The van der Waals surface area contributed by atoms with Crippen molar-refractivity contribution in [3.05, 3.63) is 33.8 Å². The summed E-state index contributed by atoms with van der Waals surface area (Å²) in [5.74, 6) is -1.37. The van der Waals surface area contributed by atoms with Crippen LogP contribution in [-0.4, -0.2) is 23.0 Å². The molecule has 0 spiro atoms. The number of nitrogens with one attached hydrogen (secondary N) is 1. The van der Waals surface area contributed by atoms with E-state index in [9.17, 15) is 9.59 Å². The molecule has 0 aromatic heterocycles. The van der Waals surface area contributed by atoms with Crippen molar-refractivity contribution in [2.45, 2.75) is 39.2 Å². The first-order chi connectivity index (χ1) is 9.38. The number of hydrogen-bond acceptors (Lipinski definition) is 2. The molecule has 1 aromatic carbocycles. The van der Waals surface area contributed by atoms with Crippen LogP contribution in [0.5, 0.6) is 0 Å². The van der Waals surface area contributed by atoms with Crippen molar-refractivity contribution in [1.82, 2.24) is 5.32 Å². The minimum absolute atomic E-state index is 0.0822. The molecule has 108 valence electrons. The van der Waals surface area contributed by atoms with Crippen LogP contribution in [-0.2, 0) is 4.79 Å². The highest BCUT2D eigenvalue weighted by Gasteiger charge is 2.30. The fraction of sp³-hybridized carbons (Fsp3) is 0.467. The quantitative estimate of drug-likeness (QED) is 0.901. The maximum atomic E-state index is 12.2. The molecule has 0 saturated heterocycles. The molecule has 0 radical (unpaired) electrons. The van der Waals surface area contributed by atoms with Crippen LogP contribution in [0.15, 0.2) is 12.1 Å². The summed E-state index contributed by atoms with van der Waals surface area (Å²) >= 11 is 6.11. The molecule has 4 nitrogen and oxygen atoms in total. The number of aliphatic carboxylic acids is 1. The van der Waals surface area contributed by atoms with Gasteiger partial charge in [-0.1, -0.05) is 11.6 Å². The van der Waals surface area contributed by atoms with Crippen LogP contribution in [0.2, 0.25) is 5.02 Å². The highest BCUT2D eigenvalue weighted by atomic mass is 35.5. The van der Waals surface area contributed by atoms with Crippen molar-refractivity contribution in [3.63, 3.8) is 0 Å². The van der Waals surface area contributed by atoms with Gasteiger partial charge in [-0.2, -0.15) is 0 Å². The lowest BCUT2D eigenvalue weighted by molar-refractivity contribution is -0.141. The van der Waals surface area contributed by atoms with E-state index in [0.29, 0.717) is 29.8 Å². The van der Waals surface area contributed by atoms with Crippen LogP contribution in [0, 0.1) is 19.8 Å². The van der Waals surface area contributed by atoms with E-state index in [2.05, 4.69) is 5.32 Å². The molecule has 0 bridgehead atoms.